The number of nitrogens with zero attached hydrogens (tertiary/aromatic N) is 4. The van der Waals surface area contributed by atoms with Crippen LogP contribution in [0.25, 0.3) is 11.0 Å². The molecule has 0 saturated carbocycles. The van der Waals surface area contributed by atoms with E-state index < -0.39 is 0 Å². The quantitative estimate of drug-likeness (QED) is 0.696. The fraction of sp³-hybridized carbons (Fsp3) is 0.0833. The summed E-state index contributed by atoms with van der Waals surface area (Å²) in [6.45, 7) is 0.644. The highest BCUT2D eigenvalue weighted by atomic mass is 35.5. The molecule has 84 valence electrons. The lowest BCUT2D eigenvalue weighted by Gasteiger charge is -2.02. The number of para-hydroxylation sites is 2. The Bertz CT molecular complexity index is 645. The maximum Gasteiger partial charge on any atom is 0.151 e. The van der Waals surface area contributed by atoms with Crippen LogP contribution in [0, 0.1) is 0 Å². The van der Waals surface area contributed by atoms with Crippen LogP contribution in [0.1, 0.15) is 5.69 Å². The lowest BCUT2D eigenvalue weighted by molar-refractivity contribution is 0.772. The van der Waals surface area contributed by atoms with Gasteiger partial charge in [0.2, 0.25) is 0 Å². The summed E-state index contributed by atoms with van der Waals surface area (Å²) < 4.78 is 2.03. The molecule has 4 nitrogen and oxygen atoms in total. The Morgan fingerprint density at radius 1 is 1.06 bits per heavy atom. The zero-order valence-corrected chi connectivity index (χ0v) is 9.67. The van der Waals surface area contributed by atoms with E-state index in [0.717, 1.165) is 16.7 Å². The third kappa shape index (κ3) is 1.99. The molecule has 0 saturated heterocycles. The molecule has 0 atom stereocenters. The van der Waals surface area contributed by atoms with Gasteiger partial charge in [-0.3, -0.25) is 0 Å². The van der Waals surface area contributed by atoms with Gasteiger partial charge in [0.25, 0.3) is 0 Å². The minimum absolute atomic E-state index is 0.407. The van der Waals surface area contributed by atoms with Crippen LogP contribution in [-0.4, -0.2) is 19.7 Å². The summed E-state index contributed by atoms with van der Waals surface area (Å²) in [5.74, 6) is 0. The van der Waals surface area contributed by atoms with Crippen LogP contribution in [0.4, 0.5) is 0 Å². The van der Waals surface area contributed by atoms with E-state index in [4.69, 9.17) is 11.6 Å². The van der Waals surface area contributed by atoms with Gasteiger partial charge in [0.05, 0.1) is 29.6 Å². The zero-order chi connectivity index (χ0) is 11.7. The molecule has 0 fully saturated rings. The Morgan fingerprint density at radius 3 is 2.76 bits per heavy atom. The predicted molar refractivity (Wildman–Crippen MR) is 65.9 cm³/mol. The molecule has 3 aromatic rings. The van der Waals surface area contributed by atoms with E-state index in [2.05, 4.69) is 15.2 Å². The van der Waals surface area contributed by atoms with Crippen molar-refractivity contribution in [3.05, 3.63) is 53.6 Å². The summed E-state index contributed by atoms with van der Waals surface area (Å²) in [7, 11) is 0. The Morgan fingerprint density at radius 2 is 1.94 bits per heavy atom. The molecule has 0 spiro atoms. The van der Waals surface area contributed by atoms with E-state index in [0.29, 0.717) is 11.7 Å². The van der Waals surface area contributed by atoms with Gasteiger partial charge < -0.3 is 4.57 Å². The molecule has 2 aromatic heterocycles. The number of hydrogen-bond acceptors (Lipinski definition) is 3. The molecular weight excluding hydrogens is 236 g/mol. The third-order valence-corrected chi connectivity index (χ3v) is 2.75. The smallest absolute Gasteiger partial charge is 0.151 e. The lowest BCUT2D eigenvalue weighted by atomic mass is 10.3. The summed E-state index contributed by atoms with van der Waals surface area (Å²) >= 11 is 5.70. The van der Waals surface area contributed by atoms with Crippen molar-refractivity contribution in [1.82, 2.24) is 19.7 Å². The first-order chi connectivity index (χ1) is 8.33. The molecule has 0 radical (unpaired) electrons. The van der Waals surface area contributed by atoms with Crippen molar-refractivity contribution >= 4 is 22.6 Å². The molecule has 5 heteroatoms. The Kier molecular flexibility index (Phi) is 2.49. The largest absolute Gasteiger partial charge is 0.324 e. The van der Waals surface area contributed by atoms with Crippen molar-refractivity contribution in [2.45, 2.75) is 6.54 Å². The molecule has 0 aliphatic carbocycles. The average molecular weight is 245 g/mol. The first kappa shape index (κ1) is 10.2. The van der Waals surface area contributed by atoms with E-state index in [1.165, 1.54) is 0 Å². The van der Waals surface area contributed by atoms with Gasteiger partial charge in [0.15, 0.2) is 5.15 Å². The van der Waals surface area contributed by atoms with Gasteiger partial charge in [-0.2, -0.15) is 5.10 Å². The van der Waals surface area contributed by atoms with E-state index in [1.807, 2.05) is 34.9 Å². The highest BCUT2D eigenvalue weighted by Gasteiger charge is 2.03. The second kappa shape index (κ2) is 4.14. The minimum Gasteiger partial charge on any atom is -0.324 e. The normalized spacial score (nSPS) is 10.9. The van der Waals surface area contributed by atoms with Crippen molar-refractivity contribution < 1.29 is 0 Å². The summed E-state index contributed by atoms with van der Waals surface area (Å²) in [6, 6.07) is 11.6. The SMILES string of the molecule is Clc1ccc(Cn2cnc3ccccc32)nn1. The highest BCUT2D eigenvalue weighted by molar-refractivity contribution is 6.29. The van der Waals surface area contributed by atoms with Crippen LogP contribution < -0.4 is 0 Å². The van der Waals surface area contributed by atoms with Crippen molar-refractivity contribution in [3.8, 4) is 0 Å². The first-order valence-electron chi connectivity index (χ1n) is 5.21. The fourth-order valence-electron chi connectivity index (χ4n) is 1.74. The number of benzene rings is 1. The van der Waals surface area contributed by atoms with Gasteiger partial charge >= 0.3 is 0 Å². The minimum atomic E-state index is 0.407. The maximum absolute atomic E-state index is 5.70. The molecule has 0 unspecified atom stereocenters. The van der Waals surface area contributed by atoms with Crippen molar-refractivity contribution in [3.63, 3.8) is 0 Å². The van der Waals surface area contributed by atoms with Crippen LogP contribution in [0.3, 0.4) is 0 Å². The molecule has 0 aliphatic rings. The van der Waals surface area contributed by atoms with Gasteiger partial charge in [-0.1, -0.05) is 23.7 Å². The summed E-state index contributed by atoms with van der Waals surface area (Å²) in [5, 5.41) is 8.26. The number of rotatable bonds is 2. The Hall–Kier alpha value is -1.94. The van der Waals surface area contributed by atoms with Crippen LogP contribution >= 0.6 is 11.6 Å². The van der Waals surface area contributed by atoms with Crippen LogP contribution in [0.2, 0.25) is 5.15 Å². The van der Waals surface area contributed by atoms with Gasteiger partial charge in [-0.15, -0.1) is 5.10 Å². The standard InChI is InChI=1S/C12H9ClN4/c13-12-6-5-9(15-16-12)7-17-8-14-10-3-1-2-4-11(10)17/h1-6,8H,7H2. The number of halogens is 1. The third-order valence-electron chi connectivity index (χ3n) is 2.55. The van der Waals surface area contributed by atoms with Crippen LogP contribution in [-0.2, 0) is 6.54 Å². The van der Waals surface area contributed by atoms with Gasteiger partial charge in [0, 0.05) is 0 Å². The van der Waals surface area contributed by atoms with Crippen molar-refractivity contribution in [2.24, 2.45) is 0 Å². The van der Waals surface area contributed by atoms with E-state index in [9.17, 15) is 0 Å². The Balaban J connectivity index is 1.97. The number of imidazole rings is 1. The first-order valence-corrected chi connectivity index (χ1v) is 5.59. The summed E-state index contributed by atoms with van der Waals surface area (Å²) in [4.78, 5) is 4.32. The van der Waals surface area contributed by atoms with Gasteiger partial charge in [-0.25, -0.2) is 4.98 Å². The van der Waals surface area contributed by atoms with E-state index in [-0.39, 0.29) is 0 Å². The van der Waals surface area contributed by atoms with E-state index >= 15 is 0 Å². The fourth-order valence-corrected chi connectivity index (χ4v) is 1.84. The molecule has 0 amide bonds. The highest BCUT2D eigenvalue weighted by Crippen LogP contribution is 2.13. The van der Waals surface area contributed by atoms with Crippen molar-refractivity contribution in [2.75, 3.05) is 0 Å². The van der Waals surface area contributed by atoms with Gasteiger partial charge in [0.1, 0.15) is 0 Å². The summed E-state index contributed by atoms with van der Waals surface area (Å²) in [5.41, 5.74) is 2.93. The van der Waals surface area contributed by atoms with Crippen molar-refractivity contribution in [1.29, 1.82) is 0 Å². The number of fused-ring (bicyclic) bond motifs is 1. The van der Waals surface area contributed by atoms with E-state index in [1.54, 1.807) is 12.4 Å². The van der Waals surface area contributed by atoms with Gasteiger partial charge in [-0.05, 0) is 24.3 Å². The molecule has 0 aliphatic heterocycles. The van der Waals surface area contributed by atoms with Crippen LogP contribution in [0.5, 0.6) is 0 Å². The molecule has 0 N–H and O–H groups in total. The topological polar surface area (TPSA) is 43.6 Å². The molecule has 2 heterocycles. The summed E-state index contributed by atoms with van der Waals surface area (Å²) in [6.07, 6.45) is 1.81. The average Bonchev–Trinajstić information content (AvgIpc) is 2.76. The number of aromatic nitrogens is 4. The van der Waals surface area contributed by atoms with Crippen LogP contribution in [0.15, 0.2) is 42.7 Å². The predicted octanol–water partition coefficient (Wildman–Crippen LogP) is 2.53. The molecule has 17 heavy (non-hydrogen) atoms. The molecule has 1 aromatic carbocycles. The molecule has 0 bridgehead atoms. The maximum atomic E-state index is 5.70. The Labute approximate surface area is 103 Å². The number of hydrogen-bond donors (Lipinski definition) is 0. The molecular formula is C12H9ClN4. The second-order valence-electron chi connectivity index (χ2n) is 3.71. The zero-order valence-electron chi connectivity index (χ0n) is 8.92. The lowest BCUT2D eigenvalue weighted by Crippen LogP contribution is -2.01. The molecule has 3 rings (SSSR count). The second-order valence-corrected chi connectivity index (χ2v) is 4.10. The monoisotopic (exact) mass is 244 g/mol.